The number of amides is 1. The monoisotopic (exact) mass is 295 g/mol. The fourth-order valence-electron chi connectivity index (χ4n) is 1.69. The summed E-state index contributed by atoms with van der Waals surface area (Å²) in [7, 11) is 1.33. The summed E-state index contributed by atoms with van der Waals surface area (Å²) < 4.78 is 4.72. The summed E-state index contributed by atoms with van der Waals surface area (Å²) in [4.78, 5) is 23.5. The molecule has 0 heterocycles. The molecule has 0 bridgehead atoms. The summed E-state index contributed by atoms with van der Waals surface area (Å²) in [5.41, 5.74) is -0.327. The quantitative estimate of drug-likeness (QED) is 0.648. The zero-order chi connectivity index (χ0) is 15.2. The SMILES string of the molecule is C=CC(C)(CCNC(=O)c1cccc(Cl)c1)C(=O)OC. The Morgan fingerprint density at radius 2 is 2.20 bits per heavy atom. The van der Waals surface area contributed by atoms with Gasteiger partial charge in [-0.05, 0) is 31.5 Å². The summed E-state index contributed by atoms with van der Waals surface area (Å²) in [6.07, 6.45) is 1.94. The topological polar surface area (TPSA) is 55.4 Å². The number of rotatable bonds is 6. The van der Waals surface area contributed by atoms with Gasteiger partial charge in [0.1, 0.15) is 0 Å². The fourth-order valence-corrected chi connectivity index (χ4v) is 1.88. The highest BCUT2D eigenvalue weighted by Gasteiger charge is 2.30. The number of hydrogen-bond acceptors (Lipinski definition) is 3. The number of ether oxygens (including phenoxy) is 1. The molecule has 1 amide bonds. The van der Waals surface area contributed by atoms with Gasteiger partial charge in [-0.25, -0.2) is 0 Å². The molecule has 0 aromatic heterocycles. The molecule has 1 aromatic carbocycles. The van der Waals surface area contributed by atoms with Crippen LogP contribution in [0.5, 0.6) is 0 Å². The number of benzene rings is 1. The maximum atomic E-state index is 11.9. The molecule has 1 N–H and O–H groups in total. The number of methoxy groups -OCH3 is 1. The first kappa shape index (κ1) is 16.2. The van der Waals surface area contributed by atoms with E-state index in [2.05, 4.69) is 11.9 Å². The van der Waals surface area contributed by atoms with E-state index in [0.29, 0.717) is 23.6 Å². The number of halogens is 1. The third kappa shape index (κ3) is 4.10. The van der Waals surface area contributed by atoms with E-state index in [1.165, 1.54) is 13.2 Å². The van der Waals surface area contributed by atoms with E-state index >= 15 is 0 Å². The minimum Gasteiger partial charge on any atom is -0.468 e. The van der Waals surface area contributed by atoms with Crippen LogP contribution in [0.3, 0.4) is 0 Å². The molecule has 4 nitrogen and oxygen atoms in total. The van der Waals surface area contributed by atoms with Gasteiger partial charge in [0.15, 0.2) is 0 Å². The number of carbonyl (C=O) groups is 2. The molecule has 0 fully saturated rings. The van der Waals surface area contributed by atoms with Crippen LogP contribution in [0, 0.1) is 5.41 Å². The number of esters is 1. The second-order valence-corrected chi connectivity index (χ2v) is 5.07. The molecule has 1 unspecified atom stereocenters. The minimum atomic E-state index is -0.809. The van der Waals surface area contributed by atoms with Crippen molar-refractivity contribution in [1.29, 1.82) is 0 Å². The van der Waals surface area contributed by atoms with Crippen LogP contribution in [-0.4, -0.2) is 25.5 Å². The van der Waals surface area contributed by atoms with Gasteiger partial charge in [-0.3, -0.25) is 9.59 Å². The predicted octanol–water partition coefficient (Wildman–Crippen LogP) is 2.83. The average molecular weight is 296 g/mol. The van der Waals surface area contributed by atoms with E-state index in [1.807, 2.05) is 0 Å². The summed E-state index contributed by atoms with van der Waals surface area (Å²) in [5, 5.41) is 3.24. The van der Waals surface area contributed by atoms with E-state index in [0.717, 1.165) is 0 Å². The normalized spacial score (nSPS) is 13.2. The lowest BCUT2D eigenvalue weighted by Crippen LogP contribution is -2.33. The van der Waals surface area contributed by atoms with Crippen molar-refractivity contribution in [2.24, 2.45) is 5.41 Å². The molecule has 20 heavy (non-hydrogen) atoms. The van der Waals surface area contributed by atoms with Gasteiger partial charge in [0.25, 0.3) is 5.91 Å². The van der Waals surface area contributed by atoms with Gasteiger partial charge in [0.05, 0.1) is 12.5 Å². The zero-order valence-corrected chi connectivity index (χ0v) is 12.4. The first-order valence-electron chi connectivity index (χ1n) is 6.19. The average Bonchev–Trinajstić information content (AvgIpc) is 2.45. The number of carbonyl (C=O) groups excluding carboxylic acids is 2. The third-order valence-electron chi connectivity index (χ3n) is 3.12. The van der Waals surface area contributed by atoms with Crippen molar-refractivity contribution >= 4 is 23.5 Å². The van der Waals surface area contributed by atoms with Crippen molar-refractivity contribution in [1.82, 2.24) is 5.32 Å². The van der Waals surface area contributed by atoms with E-state index in [4.69, 9.17) is 16.3 Å². The highest BCUT2D eigenvalue weighted by Crippen LogP contribution is 2.23. The second kappa shape index (κ2) is 7.10. The van der Waals surface area contributed by atoms with Gasteiger partial charge in [-0.15, -0.1) is 6.58 Å². The molecular weight excluding hydrogens is 278 g/mol. The lowest BCUT2D eigenvalue weighted by Gasteiger charge is -2.22. The number of nitrogens with one attached hydrogen (secondary N) is 1. The van der Waals surface area contributed by atoms with Crippen LogP contribution >= 0.6 is 11.6 Å². The van der Waals surface area contributed by atoms with Crippen LogP contribution in [0.25, 0.3) is 0 Å². The van der Waals surface area contributed by atoms with Gasteiger partial charge in [0, 0.05) is 17.1 Å². The highest BCUT2D eigenvalue weighted by atomic mass is 35.5. The molecule has 1 aromatic rings. The molecule has 0 saturated heterocycles. The molecule has 108 valence electrons. The molecule has 0 aliphatic rings. The Bertz CT molecular complexity index is 516. The second-order valence-electron chi connectivity index (χ2n) is 4.63. The first-order valence-corrected chi connectivity index (χ1v) is 6.56. The van der Waals surface area contributed by atoms with Gasteiger partial charge in [-0.2, -0.15) is 0 Å². The van der Waals surface area contributed by atoms with E-state index < -0.39 is 5.41 Å². The van der Waals surface area contributed by atoms with Crippen molar-refractivity contribution in [3.8, 4) is 0 Å². The van der Waals surface area contributed by atoms with Crippen LogP contribution in [-0.2, 0) is 9.53 Å². The van der Waals surface area contributed by atoms with Crippen molar-refractivity contribution in [2.45, 2.75) is 13.3 Å². The Labute approximate surface area is 123 Å². The van der Waals surface area contributed by atoms with Crippen LogP contribution < -0.4 is 5.32 Å². The molecule has 0 aliphatic carbocycles. The van der Waals surface area contributed by atoms with E-state index in [1.54, 1.807) is 31.2 Å². The zero-order valence-electron chi connectivity index (χ0n) is 11.6. The molecular formula is C15H18ClNO3. The van der Waals surface area contributed by atoms with Gasteiger partial charge >= 0.3 is 5.97 Å². The molecule has 1 rings (SSSR count). The van der Waals surface area contributed by atoms with Crippen molar-refractivity contribution in [3.05, 3.63) is 47.5 Å². The van der Waals surface area contributed by atoms with Gasteiger partial charge < -0.3 is 10.1 Å². The minimum absolute atomic E-state index is 0.233. The molecule has 0 spiro atoms. The van der Waals surface area contributed by atoms with Crippen molar-refractivity contribution in [2.75, 3.05) is 13.7 Å². The van der Waals surface area contributed by atoms with E-state index in [9.17, 15) is 9.59 Å². The smallest absolute Gasteiger partial charge is 0.315 e. The van der Waals surface area contributed by atoms with Crippen LogP contribution in [0.1, 0.15) is 23.7 Å². The maximum Gasteiger partial charge on any atom is 0.315 e. The Balaban J connectivity index is 2.58. The van der Waals surface area contributed by atoms with Crippen molar-refractivity contribution < 1.29 is 14.3 Å². The Kier molecular flexibility index (Phi) is 5.77. The molecule has 0 radical (unpaired) electrons. The lowest BCUT2D eigenvalue weighted by molar-refractivity contribution is -0.149. The van der Waals surface area contributed by atoms with Crippen molar-refractivity contribution in [3.63, 3.8) is 0 Å². The summed E-state index contributed by atoms with van der Waals surface area (Å²) >= 11 is 5.82. The number of hydrogen-bond donors (Lipinski definition) is 1. The fraction of sp³-hybridized carbons (Fsp3) is 0.333. The standard InChI is InChI=1S/C15H18ClNO3/c1-4-15(2,14(19)20-3)8-9-17-13(18)11-6-5-7-12(16)10-11/h4-7,10H,1,8-9H2,2-3H3,(H,17,18). The van der Waals surface area contributed by atoms with Gasteiger partial charge in [-0.1, -0.05) is 23.7 Å². The van der Waals surface area contributed by atoms with Gasteiger partial charge in [0.2, 0.25) is 0 Å². The summed E-state index contributed by atoms with van der Waals surface area (Å²) in [6.45, 7) is 5.69. The Hall–Kier alpha value is -1.81. The molecule has 0 aliphatic heterocycles. The lowest BCUT2D eigenvalue weighted by atomic mass is 9.87. The molecule has 1 atom stereocenters. The van der Waals surface area contributed by atoms with E-state index in [-0.39, 0.29) is 11.9 Å². The maximum absolute atomic E-state index is 11.9. The first-order chi connectivity index (χ1) is 9.42. The van der Waals surface area contributed by atoms with Crippen LogP contribution in [0.4, 0.5) is 0 Å². The highest BCUT2D eigenvalue weighted by molar-refractivity contribution is 6.30. The molecule has 0 saturated carbocycles. The summed E-state index contributed by atoms with van der Waals surface area (Å²) in [6, 6.07) is 6.67. The Morgan fingerprint density at radius 1 is 1.50 bits per heavy atom. The molecule has 5 heteroatoms. The third-order valence-corrected chi connectivity index (χ3v) is 3.35. The Morgan fingerprint density at radius 3 is 2.75 bits per heavy atom. The largest absolute Gasteiger partial charge is 0.468 e. The predicted molar refractivity (Wildman–Crippen MR) is 78.7 cm³/mol. The summed E-state index contributed by atoms with van der Waals surface area (Å²) in [5.74, 6) is -0.603. The van der Waals surface area contributed by atoms with Crippen LogP contribution in [0.15, 0.2) is 36.9 Å². The van der Waals surface area contributed by atoms with Crippen LogP contribution in [0.2, 0.25) is 5.02 Å².